The van der Waals surface area contributed by atoms with Gasteiger partial charge in [0.1, 0.15) is 5.75 Å². The Labute approximate surface area is 132 Å². The molecule has 0 bridgehead atoms. The van der Waals surface area contributed by atoms with E-state index in [-0.39, 0.29) is 29.9 Å². The van der Waals surface area contributed by atoms with E-state index in [0.717, 1.165) is 0 Å². The van der Waals surface area contributed by atoms with Crippen molar-refractivity contribution in [2.45, 2.75) is 26.7 Å². The van der Waals surface area contributed by atoms with Crippen LogP contribution in [0.4, 0.5) is 0 Å². The van der Waals surface area contributed by atoms with Gasteiger partial charge in [0.05, 0.1) is 7.11 Å². The second-order valence-electron chi connectivity index (χ2n) is 6.27. The summed E-state index contributed by atoms with van der Waals surface area (Å²) < 4.78 is 5.05. The van der Waals surface area contributed by atoms with Gasteiger partial charge in [0.2, 0.25) is 5.91 Å². The van der Waals surface area contributed by atoms with Gasteiger partial charge in [0, 0.05) is 32.0 Å². The summed E-state index contributed by atoms with van der Waals surface area (Å²) in [5, 5.41) is 0. The third-order valence-corrected chi connectivity index (χ3v) is 3.62. The lowest BCUT2D eigenvalue weighted by atomic mass is 9.93. The maximum absolute atomic E-state index is 12.1. The second kappa shape index (κ2) is 7.94. The van der Waals surface area contributed by atoms with E-state index in [4.69, 9.17) is 10.5 Å². The predicted molar refractivity (Wildman–Crippen MR) is 87.0 cm³/mol. The number of carbonyl (C=O) groups excluding carboxylic acids is 2. The molecule has 0 spiro atoms. The molecule has 2 N–H and O–H groups in total. The lowest BCUT2D eigenvalue weighted by Gasteiger charge is -2.29. The van der Waals surface area contributed by atoms with Crippen LogP contribution in [0, 0.1) is 5.41 Å². The zero-order chi connectivity index (χ0) is 16.8. The molecule has 1 rings (SSSR count). The molecule has 0 aliphatic rings. The second-order valence-corrected chi connectivity index (χ2v) is 6.27. The number of benzene rings is 1. The monoisotopic (exact) mass is 306 g/mol. The average Bonchev–Trinajstić information content (AvgIpc) is 2.51. The minimum Gasteiger partial charge on any atom is -0.497 e. The van der Waals surface area contributed by atoms with Crippen LogP contribution in [-0.2, 0) is 4.79 Å². The molecule has 5 nitrogen and oxygen atoms in total. The Bertz CT molecular complexity index is 509. The number of ketones is 1. The Kier molecular flexibility index (Phi) is 6.56. The number of nitrogens with zero attached hydrogens (tertiary/aromatic N) is 1. The Morgan fingerprint density at radius 2 is 1.77 bits per heavy atom. The number of nitrogens with two attached hydrogens (primary N) is 1. The fraction of sp³-hybridized carbons (Fsp3) is 0.529. The van der Waals surface area contributed by atoms with E-state index in [0.29, 0.717) is 24.4 Å². The predicted octanol–water partition coefficient (Wildman–Crippen LogP) is 2.10. The van der Waals surface area contributed by atoms with Crippen LogP contribution in [0.15, 0.2) is 24.3 Å². The molecule has 122 valence electrons. The smallest absolute Gasteiger partial charge is 0.222 e. The van der Waals surface area contributed by atoms with Crippen molar-refractivity contribution >= 4 is 11.7 Å². The van der Waals surface area contributed by atoms with Gasteiger partial charge >= 0.3 is 0 Å². The number of hydrogen-bond acceptors (Lipinski definition) is 4. The van der Waals surface area contributed by atoms with Gasteiger partial charge in [0.15, 0.2) is 5.78 Å². The van der Waals surface area contributed by atoms with Crippen LogP contribution >= 0.6 is 0 Å². The van der Waals surface area contributed by atoms with Crippen molar-refractivity contribution in [2.24, 2.45) is 11.1 Å². The van der Waals surface area contributed by atoms with Gasteiger partial charge in [-0.05, 0) is 36.2 Å². The Morgan fingerprint density at radius 3 is 2.27 bits per heavy atom. The average molecular weight is 306 g/mol. The summed E-state index contributed by atoms with van der Waals surface area (Å²) in [5.74, 6) is 0.627. The molecule has 0 aliphatic carbocycles. The van der Waals surface area contributed by atoms with E-state index in [2.05, 4.69) is 0 Å². The number of rotatable bonds is 8. The van der Waals surface area contributed by atoms with Crippen LogP contribution in [-0.4, -0.2) is 43.8 Å². The molecule has 5 heteroatoms. The normalized spacial score (nSPS) is 11.1. The SMILES string of the molecule is COc1ccc(C(=O)CCC(=O)N(C)CC(C)(C)CN)cc1. The molecule has 0 aromatic heterocycles. The quantitative estimate of drug-likeness (QED) is 0.747. The highest BCUT2D eigenvalue weighted by molar-refractivity contribution is 5.98. The van der Waals surface area contributed by atoms with Gasteiger partial charge in [-0.15, -0.1) is 0 Å². The van der Waals surface area contributed by atoms with Crippen LogP contribution < -0.4 is 10.5 Å². The topological polar surface area (TPSA) is 72.6 Å². The van der Waals surface area contributed by atoms with E-state index >= 15 is 0 Å². The van der Waals surface area contributed by atoms with Gasteiger partial charge in [-0.1, -0.05) is 13.8 Å². The first-order valence-corrected chi connectivity index (χ1v) is 7.40. The Morgan fingerprint density at radius 1 is 1.18 bits per heavy atom. The minimum atomic E-state index is -0.121. The van der Waals surface area contributed by atoms with Gasteiger partial charge in [-0.25, -0.2) is 0 Å². The van der Waals surface area contributed by atoms with Crippen LogP contribution in [0.3, 0.4) is 0 Å². The van der Waals surface area contributed by atoms with Crippen molar-refractivity contribution in [3.05, 3.63) is 29.8 Å². The summed E-state index contributed by atoms with van der Waals surface area (Å²) in [6.45, 7) is 5.12. The molecular weight excluding hydrogens is 280 g/mol. The van der Waals surface area contributed by atoms with Crippen molar-refractivity contribution in [3.8, 4) is 5.75 Å². The van der Waals surface area contributed by atoms with Crippen LogP contribution in [0.25, 0.3) is 0 Å². The molecule has 22 heavy (non-hydrogen) atoms. The molecule has 0 unspecified atom stereocenters. The highest BCUT2D eigenvalue weighted by Crippen LogP contribution is 2.16. The van der Waals surface area contributed by atoms with E-state index in [1.165, 1.54) is 0 Å². The maximum Gasteiger partial charge on any atom is 0.222 e. The molecule has 0 saturated carbocycles. The molecule has 1 aromatic carbocycles. The summed E-state index contributed by atoms with van der Waals surface area (Å²) in [5.41, 5.74) is 6.15. The van der Waals surface area contributed by atoms with Crippen LogP contribution in [0.1, 0.15) is 37.0 Å². The molecular formula is C17H26N2O3. The van der Waals surface area contributed by atoms with E-state index < -0.39 is 0 Å². The summed E-state index contributed by atoms with van der Waals surface area (Å²) in [7, 11) is 3.33. The standard InChI is InChI=1S/C17H26N2O3/c1-17(2,11-18)12-19(3)16(21)10-9-15(20)13-5-7-14(22-4)8-6-13/h5-8H,9-12,18H2,1-4H3. The number of methoxy groups -OCH3 is 1. The molecule has 0 atom stereocenters. The highest BCUT2D eigenvalue weighted by atomic mass is 16.5. The fourth-order valence-electron chi connectivity index (χ4n) is 2.13. The third-order valence-electron chi connectivity index (χ3n) is 3.62. The van der Waals surface area contributed by atoms with Crippen molar-refractivity contribution in [1.29, 1.82) is 0 Å². The van der Waals surface area contributed by atoms with E-state index in [1.54, 1.807) is 43.3 Å². The largest absolute Gasteiger partial charge is 0.497 e. The van der Waals surface area contributed by atoms with Crippen LogP contribution in [0.2, 0.25) is 0 Å². The fourth-order valence-corrected chi connectivity index (χ4v) is 2.13. The minimum absolute atomic E-state index is 0.0385. The zero-order valence-corrected chi connectivity index (χ0v) is 13.9. The number of hydrogen-bond donors (Lipinski definition) is 1. The molecule has 0 radical (unpaired) electrons. The van der Waals surface area contributed by atoms with Gasteiger partial charge in [-0.3, -0.25) is 9.59 Å². The first kappa shape index (κ1) is 18.2. The van der Waals surface area contributed by atoms with Gasteiger partial charge in [-0.2, -0.15) is 0 Å². The summed E-state index contributed by atoms with van der Waals surface area (Å²) in [6.07, 6.45) is 0.417. The molecule has 0 saturated heterocycles. The van der Waals surface area contributed by atoms with Gasteiger partial charge in [0.25, 0.3) is 0 Å². The summed E-state index contributed by atoms with van der Waals surface area (Å²) in [6, 6.07) is 6.91. The number of Topliss-reactive ketones (excluding diaryl/α,β-unsaturated/α-hetero) is 1. The van der Waals surface area contributed by atoms with Crippen molar-refractivity contribution in [3.63, 3.8) is 0 Å². The van der Waals surface area contributed by atoms with Crippen LogP contribution in [0.5, 0.6) is 5.75 Å². The first-order valence-electron chi connectivity index (χ1n) is 7.40. The van der Waals surface area contributed by atoms with Crippen molar-refractivity contribution in [2.75, 3.05) is 27.2 Å². The Hall–Kier alpha value is -1.88. The van der Waals surface area contributed by atoms with E-state index in [1.807, 2.05) is 13.8 Å². The first-order chi connectivity index (χ1) is 10.3. The number of ether oxygens (including phenoxy) is 1. The summed E-state index contributed by atoms with van der Waals surface area (Å²) in [4.78, 5) is 25.8. The molecule has 1 aromatic rings. The lowest BCUT2D eigenvalue weighted by molar-refractivity contribution is -0.131. The van der Waals surface area contributed by atoms with E-state index in [9.17, 15) is 9.59 Å². The van der Waals surface area contributed by atoms with Crippen molar-refractivity contribution in [1.82, 2.24) is 4.90 Å². The zero-order valence-electron chi connectivity index (χ0n) is 13.9. The Balaban J connectivity index is 2.50. The lowest BCUT2D eigenvalue weighted by Crippen LogP contribution is -2.39. The number of carbonyl (C=O) groups is 2. The molecule has 0 aliphatic heterocycles. The third kappa shape index (κ3) is 5.48. The number of amides is 1. The summed E-state index contributed by atoms with van der Waals surface area (Å²) >= 11 is 0. The molecule has 0 heterocycles. The van der Waals surface area contributed by atoms with Gasteiger partial charge < -0.3 is 15.4 Å². The highest BCUT2D eigenvalue weighted by Gasteiger charge is 2.21. The molecule has 1 amide bonds. The molecule has 0 fully saturated rings. The maximum atomic E-state index is 12.1. The van der Waals surface area contributed by atoms with Crippen molar-refractivity contribution < 1.29 is 14.3 Å².